The Balaban J connectivity index is 1.63. The van der Waals surface area contributed by atoms with E-state index >= 15 is 0 Å². The summed E-state index contributed by atoms with van der Waals surface area (Å²) in [4.78, 5) is 0. The third kappa shape index (κ3) is 2.49. The number of nitrogens with one attached hydrogen (secondary N) is 1. The van der Waals surface area contributed by atoms with Crippen LogP contribution in [-0.4, -0.2) is 12.6 Å². The molecule has 1 fully saturated rings. The molecule has 1 atom stereocenters. The summed E-state index contributed by atoms with van der Waals surface area (Å²) in [5.41, 5.74) is 3.08. The van der Waals surface area contributed by atoms with Crippen LogP contribution in [0.3, 0.4) is 0 Å². The SMILES string of the molecule is Brc1ccc2c(c1)CCC(NCC1CC1)C2. The molecule has 1 N–H and O–H groups in total. The molecule has 86 valence electrons. The Morgan fingerprint density at radius 2 is 2.06 bits per heavy atom. The molecule has 0 radical (unpaired) electrons. The van der Waals surface area contributed by atoms with Crippen molar-refractivity contribution in [2.75, 3.05) is 6.54 Å². The van der Waals surface area contributed by atoms with Gasteiger partial charge in [-0.05, 0) is 67.8 Å². The van der Waals surface area contributed by atoms with Gasteiger partial charge in [0.25, 0.3) is 0 Å². The molecule has 1 aromatic rings. The first-order valence-corrected chi connectivity index (χ1v) is 7.11. The van der Waals surface area contributed by atoms with E-state index < -0.39 is 0 Å². The Labute approximate surface area is 106 Å². The number of benzene rings is 1. The van der Waals surface area contributed by atoms with Crippen LogP contribution in [-0.2, 0) is 12.8 Å². The summed E-state index contributed by atoms with van der Waals surface area (Å²) in [7, 11) is 0. The van der Waals surface area contributed by atoms with Crippen molar-refractivity contribution in [3.63, 3.8) is 0 Å². The van der Waals surface area contributed by atoms with E-state index in [1.54, 1.807) is 11.1 Å². The first-order chi connectivity index (χ1) is 7.81. The molecule has 1 aromatic carbocycles. The smallest absolute Gasteiger partial charge is 0.0178 e. The van der Waals surface area contributed by atoms with E-state index in [1.165, 1.54) is 43.1 Å². The molecule has 0 bridgehead atoms. The fourth-order valence-electron chi connectivity index (χ4n) is 2.55. The zero-order chi connectivity index (χ0) is 11.0. The number of hydrogen-bond acceptors (Lipinski definition) is 1. The van der Waals surface area contributed by atoms with Crippen molar-refractivity contribution in [1.29, 1.82) is 0 Å². The Hall–Kier alpha value is -0.340. The maximum absolute atomic E-state index is 3.73. The average molecular weight is 280 g/mol. The van der Waals surface area contributed by atoms with Crippen LogP contribution in [0.15, 0.2) is 22.7 Å². The number of hydrogen-bond donors (Lipinski definition) is 1. The highest BCUT2D eigenvalue weighted by molar-refractivity contribution is 9.10. The van der Waals surface area contributed by atoms with E-state index in [2.05, 4.69) is 39.4 Å². The number of rotatable bonds is 3. The quantitative estimate of drug-likeness (QED) is 0.895. The second kappa shape index (κ2) is 4.50. The van der Waals surface area contributed by atoms with Crippen molar-refractivity contribution in [2.45, 2.75) is 38.1 Å². The highest BCUT2D eigenvalue weighted by Gasteiger charge is 2.24. The first kappa shape index (κ1) is 10.8. The van der Waals surface area contributed by atoms with Gasteiger partial charge in [-0.25, -0.2) is 0 Å². The first-order valence-electron chi connectivity index (χ1n) is 6.32. The summed E-state index contributed by atoms with van der Waals surface area (Å²) >= 11 is 3.55. The molecular formula is C14H18BrN. The molecule has 1 nitrogen and oxygen atoms in total. The summed E-state index contributed by atoms with van der Waals surface area (Å²) in [6.45, 7) is 1.25. The van der Waals surface area contributed by atoms with Crippen molar-refractivity contribution < 1.29 is 0 Å². The van der Waals surface area contributed by atoms with Crippen LogP contribution < -0.4 is 5.32 Å². The van der Waals surface area contributed by atoms with Crippen molar-refractivity contribution in [1.82, 2.24) is 5.32 Å². The maximum atomic E-state index is 3.73. The lowest BCUT2D eigenvalue weighted by atomic mass is 9.88. The van der Waals surface area contributed by atoms with Gasteiger partial charge in [-0.15, -0.1) is 0 Å². The van der Waals surface area contributed by atoms with E-state index in [9.17, 15) is 0 Å². The van der Waals surface area contributed by atoms with Gasteiger partial charge in [-0.3, -0.25) is 0 Å². The molecule has 0 heterocycles. The van der Waals surface area contributed by atoms with E-state index in [0.717, 1.165) is 5.92 Å². The van der Waals surface area contributed by atoms with Crippen LogP contribution in [0.25, 0.3) is 0 Å². The lowest BCUT2D eigenvalue weighted by Gasteiger charge is -2.25. The minimum atomic E-state index is 0.717. The van der Waals surface area contributed by atoms with Crippen LogP contribution in [0.1, 0.15) is 30.4 Å². The second-order valence-corrected chi connectivity index (χ2v) is 6.12. The van der Waals surface area contributed by atoms with Crippen LogP contribution >= 0.6 is 15.9 Å². The maximum Gasteiger partial charge on any atom is 0.0178 e. The van der Waals surface area contributed by atoms with Gasteiger partial charge in [0.1, 0.15) is 0 Å². The molecule has 1 unspecified atom stereocenters. The van der Waals surface area contributed by atoms with Gasteiger partial charge in [0, 0.05) is 10.5 Å². The molecule has 16 heavy (non-hydrogen) atoms. The average Bonchev–Trinajstić information content (AvgIpc) is 3.10. The zero-order valence-electron chi connectivity index (χ0n) is 9.51. The molecule has 0 saturated heterocycles. The fraction of sp³-hybridized carbons (Fsp3) is 0.571. The summed E-state index contributed by atoms with van der Waals surface area (Å²) in [6, 6.07) is 7.45. The Bertz CT molecular complexity index is 384. The lowest BCUT2D eigenvalue weighted by molar-refractivity contribution is 0.449. The molecule has 0 spiro atoms. The Morgan fingerprint density at radius 1 is 1.19 bits per heavy atom. The minimum absolute atomic E-state index is 0.717. The van der Waals surface area contributed by atoms with Gasteiger partial charge in [0.15, 0.2) is 0 Å². The molecule has 0 aliphatic heterocycles. The number of halogens is 1. The predicted molar refractivity (Wildman–Crippen MR) is 70.7 cm³/mol. The summed E-state index contributed by atoms with van der Waals surface area (Å²) in [6.07, 6.45) is 6.65. The lowest BCUT2D eigenvalue weighted by Crippen LogP contribution is -2.35. The monoisotopic (exact) mass is 279 g/mol. The Kier molecular flexibility index (Phi) is 3.03. The third-order valence-electron chi connectivity index (χ3n) is 3.79. The van der Waals surface area contributed by atoms with Gasteiger partial charge in [0.2, 0.25) is 0 Å². The van der Waals surface area contributed by atoms with Crippen molar-refractivity contribution >= 4 is 15.9 Å². The number of aryl methyl sites for hydroxylation is 1. The van der Waals surface area contributed by atoms with Crippen LogP contribution in [0, 0.1) is 5.92 Å². The summed E-state index contributed by atoms with van der Waals surface area (Å²) in [5.74, 6) is 0.992. The van der Waals surface area contributed by atoms with Crippen molar-refractivity contribution in [3.8, 4) is 0 Å². The Morgan fingerprint density at radius 3 is 2.88 bits per heavy atom. The molecular weight excluding hydrogens is 262 g/mol. The number of fused-ring (bicyclic) bond motifs is 1. The van der Waals surface area contributed by atoms with Gasteiger partial charge >= 0.3 is 0 Å². The van der Waals surface area contributed by atoms with E-state index in [-0.39, 0.29) is 0 Å². The van der Waals surface area contributed by atoms with Crippen LogP contribution in [0.4, 0.5) is 0 Å². The molecule has 3 rings (SSSR count). The van der Waals surface area contributed by atoms with Gasteiger partial charge in [-0.1, -0.05) is 22.0 Å². The molecule has 2 aliphatic carbocycles. The minimum Gasteiger partial charge on any atom is -0.313 e. The van der Waals surface area contributed by atoms with Gasteiger partial charge in [-0.2, -0.15) is 0 Å². The van der Waals surface area contributed by atoms with E-state index in [1.807, 2.05) is 0 Å². The van der Waals surface area contributed by atoms with Gasteiger partial charge < -0.3 is 5.32 Å². The highest BCUT2D eigenvalue weighted by atomic mass is 79.9. The zero-order valence-corrected chi connectivity index (χ0v) is 11.1. The van der Waals surface area contributed by atoms with Gasteiger partial charge in [0.05, 0.1) is 0 Å². The summed E-state index contributed by atoms with van der Waals surface area (Å²) < 4.78 is 1.22. The van der Waals surface area contributed by atoms with E-state index in [4.69, 9.17) is 0 Å². The van der Waals surface area contributed by atoms with Crippen LogP contribution in [0.2, 0.25) is 0 Å². The third-order valence-corrected chi connectivity index (χ3v) is 4.28. The topological polar surface area (TPSA) is 12.0 Å². The highest BCUT2D eigenvalue weighted by Crippen LogP contribution is 2.29. The van der Waals surface area contributed by atoms with Crippen molar-refractivity contribution in [2.24, 2.45) is 5.92 Å². The summed E-state index contributed by atoms with van der Waals surface area (Å²) in [5, 5.41) is 3.73. The van der Waals surface area contributed by atoms with Crippen LogP contribution in [0.5, 0.6) is 0 Å². The molecule has 2 aliphatic rings. The molecule has 0 aromatic heterocycles. The normalized spacial score (nSPS) is 24.2. The second-order valence-electron chi connectivity index (χ2n) is 5.20. The van der Waals surface area contributed by atoms with E-state index in [0.29, 0.717) is 6.04 Å². The predicted octanol–water partition coefficient (Wildman–Crippen LogP) is 3.31. The molecule has 0 amide bonds. The standard InChI is InChI=1S/C14H18BrN/c15-13-5-3-12-8-14(6-4-11(12)7-13)16-9-10-1-2-10/h3,5,7,10,14,16H,1-2,4,6,8-9H2. The van der Waals surface area contributed by atoms with Crippen molar-refractivity contribution in [3.05, 3.63) is 33.8 Å². The molecule has 2 heteroatoms. The fourth-order valence-corrected chi connectivity index (χ4v) is 2.96. The largest absolute Gasteiger partial charge is 0.313 e. The molecule has 1 saturated carbocycles.